The fourth-order valence-corrected chi connectivity index (χ4v) is 2.85. The molecule has 20 heavy (non-hydrogen) atoms. The van der Waals surface area contributed by atoms with Gasteiger partial charge in [-0.2, -0.15) is 0 Å². The standard InChI is InChI=1S/C16H9FO3/c17-12-8-4-3-7-11(12)15-16(20-15)13(18)9-5-1-2-6-10(9)14(16)19/h1-8,15H. The van der Waals surface area contributed by atoms with Gasteiger partial charge in [0, 0.05) is 16.7 Å². The molecular formula is C16H9FO3. The van der Waals surface area contributed by atoms with Crippen molar-refractivity contribution < 1.29 is 18.7 Å². The molecule has 1 aliphatic heterocycles. The van der Waals surface area contributed by atoms with Crippen LogP contribution >= 0.6 is 0 Å². The van der Waals surface area contributed by atoms with E-state index in [9.17, 15) is 14.0 Å². The van der Waals surface area contributed by atoms with Crippen molar-refractivity contribution in [3.05, 3.63) is 71.0 Å². The van der Waals surface area contributed by atoms with Gasteiger partial charge in [-0.1, -0.05) is 42.5 Å². The SMILES string of the molecule is O=C1c2ccccc2C(=O)C12OC2c1ccccc1F. The molecule has 2 aliphatic rings. The molecule has 0 N–H and O–H groups in total. The Morgan fingerprint density at radius 3 is 2.05 bits per heavy atom. The molecular weight excluding hydrogens is 259 g/mol. The summed E-state index contributed by atoms with van der Waals surface area (Å²) in [6.07, 6.45) is -0.823. The zero-order valence-electron chi connectivity index (χ0n) is 10.3. The minimum absolute atomic E-state index is 0.252. The van der Waals surface area contributed by atoms with Crippen LogP contribution in [-0.4, -0.2) is 17.2 Å². The summed E-state index contributed by atoms with van der Waals surface area (Å²) in [6, 6.07) is 12.6. The van der Waals surface area contributed by atoms with Crippen molar-refractivity contribution in [2.75, 3.05) is 0 Å². The number of rotatable bonds is 1. The normalized spacial score (nSPS) is 22.1. The van der Waals surface area contributed by atoms with Crippen LogP contribution in [0.3, 0.4) is 0 Å². The second kappa shape index (κ2) is 3.61. The topological polar surface area (TPSA) is 46.7 Å². The van der Waals surface area contributed by atoms with E-state index in [1.54, 1.807) is 36.4 Å². The highest BCUT2D eigenvalue weighted by atomic mass is 19.1. The molecule has 1 aliphatic carbocycles. The number of ketones is 2. The molecule has 4 heteroatoms. The van der Waals surface area contributed by atoms with Gasteiger partial charge in [-0.05, 0) is 6.07 Å². The summed E-state index contributed by atoms with van der Waals surface area (Å²) < 4.78 is 19.2. The molecule has 1 heterocycles. The van der Waals surface area contributed by atoms with E-state index in [2.05, 4.69) is 0 Å². The monoisotopic (exact) mass is 268 g/mol. The van der Waals surface area contributed by atoms with Gasteiger partial charge in [0.25, 0.3) is 0 Å². The molecule has 3 nitrogen and oxygen atoms in total. The number of carbonyl (C=O) groups is 2. The lowest BCUT2D eigenvalue weighted by Crippen LogP contribution is -2.27. The number of hydrogen-bond acceptors (Lipinski definition) is 3. The van der Waals surface area contributed by atoms with Crippen LogP contribution in [0.1, 0.15) is 32.4 Å². The second-order valence-electron chi connectivity index (χ2n) is 4.96. The number of Topliss-reactive ketones (excluding diaryl/α,β-unsaturated/α-hetero) is 2. The predicted molar refractivity (Wildman–Crippen MR) is 68.1 cm³/mol. The fraction of sp³-hybridized carbons (Fsp3) is 0.125. The minimum atomic E-state index is -1.54. The zero-order valence-corrected chi connectivity index (χ0v) is 10.3. The van der Waals surface area contributed by atoms with Gasteiger partial charge >= 0.3 is 0 Å². The first-order valence-corrected chi connectivity index (χ1v) is 6.27. The summed E-state index contributed by atoms with van der Waals surface area (Å²) in [4.78, 5) is 24.8. The first-order valence-electron chi connectivity index (χ1n) is 6.27. The van der Waals surface area contributed by atoms with Gasteiger partial charge in [0.1, 0.15) is 11.9 Å². The van der Waals surface area contributed by atoms with Crippen LogP contribution in [0.4, 0.5) is 4.39 Å². The van der Waals surface area contributed by atoms with Gasteiger partial charge in [-0.3, -0.25) is 9.59 Å². The van der Waals surface area contributed by atoms with E-state index >= 15 is 0 Å². The third kappa shape index (κ3) is 1.22. The molecule has 2 aromatic rings. The Kier molecular flexibility index (Phi) is 2.07. The van der Waals surface area contributed by atoms with E-state index in [4.69, 9.17) is 4.74 Å². The van der Waals surface area contributed by atoms with Crippen LogP contribution in [0, 0.1) is 5.82 Å². The first-order chi connectivity index (χ1) is 9.66. The molecule has 1 saturated heterocycles. The third-order valence-electron chi connectivity index (χ3n) is 3.89. The fourth-order valence-electron chi connectivity index (χ4n) is 2.85. The molecule has 1 atom stereocenters. The third-order valence-corrected chi connectivity index (χ3v) is 3.89. The summed E-state index contributed by atoms with van der Waals surface area (Å²) in [7, 11) is 0. The van der Waals surface area contributed by atoms with Crippen molar-refractivity contribution in [3.63, 3.8) is 0 Å². The average Bonchev–Trinajstić information content (AvgIpc) is 3.18. The van der Waals surface area contributed by atoms with Crippen molar-refractivity contribution in [1.82, 2.24) is 0 Å². The van der Waals surface area contributed by atoms with Crippen LogP contribution in [0.2, 0.25) is 0 Å². The highest BCUT2D eigenvalue weighted by molar-refractivity contribution is 6.34. The maximum Gasteiger partial charge on any atom is 0.225 e. The largest absolute Gasteiger partial charge is 0.344 e. The Balaban J connectivity index is 1.82. The molecule has 0 amide bonds. The molecule has 0 bridgehead atoms. The number of benzene rings is 2. The van der Waals surface area contributed by atoms with Crippen molar-refractivity contribution in [2.45, 2.75) is 11.7 Å². The second-order valence-corrected chi connectivity index (χ2v) is 4.96. The van der Waals surface area contributed by atoms with Crippen molar-refractivity contribution in [1.29, 1.82) is 0 Å². The van der Waals surface area contributed by atoms with Crippen LogP contribution in [0.5, 0.6) is 0 Å². The molecule has 0 aromatic heterocycles. The maximum absolute atomic E-state index is 13.8. The van der Waals surface area contributed by atoms with E-state index in [1.165, 1.54) is 12.1 Å². The van der Waals surface area contributed by atoms with Crippen LogP contribution in [0.25, 0.3) is 0 Å². The summed E-state index contributed by atoms with van der Waals surface area (Å²) >= 11 is 0. The van der Waals surface area contributed by atoms with Crippen LogP contribution in [-0.2, 0) is 4.74 Å². The van der Waals surface area contributed by atoms with E-state index < -0.39 is 17.5 Å². The van der Waals surface area contributed by atoms with Gasteiger partial charge in [-0.25, -0.2) is 4.39 Å². The van der Waals surface area contributed by atoms with Crippen molar-refractivity contribution in [2.24, 2.45) is 0 Å². The molecule has 1 unspecified atom stereocenters. The van der Waals surface area contributed by atoms with E-state index in [0.717, 1.165) is 0 Å². The van der Waals surface area contributed by atoms with E-state index in [1.807, 2.05) is 0 Å². The number of halogens is 1. The van der Waals surface area contributed by atoms with Gasteiger partial charge in [0.2, 0.25) is 17.2 Å². The highest BCUT2D eigenvalue weighted by Gasteiger charge is 2.72. The first kappa shape index (κ1) is 11.5. The maximum atomic E-state index is 13.8. The quantitative estimate of drug-likeness (QED) is 0.590. The lowest BCUT2D eigenvalue weighted by molar-refractivity contribution is 0.0785. The number of hydrogen-bond donors (Lipinski definition) is 0. The lowest BCUT2D eigenvalue weighted by atomic mass is 9.94. The van der Waals surface area contributed by atoms with Gasteiger partial charge in [-0.15, -0.1) is 0 Å². The lowest BCUT2D eigenvalue weighted by Gasteiger charge is -2.01. The molecule has 1 spiro atoms. The predicted octanol–water partition coefficient (Wildman–Crippen LogP) is 2.72. The number of carbonyl (C=O) groups excluding carboxylic acids is 2. The molecule has 4 rings (SSSR count). The van der Waals surface area contributed by atoms with Crippen LogP contribution < -0.4 is 0 Å². The Bertz CT molecular complexity index is 731. The minimum Gasteiger partial charge on any atom is -0.344 e. The Hall–Kier alpha value is -2.33. The number of epoxide rings is 1. The van der Waals surface area contributed by atoms with E-state index in [-0.39, 0.29) is 17.1 Å². The molecule has 0 radical (unpaired) electrons. The molecule has 2 aromatic carbocycles. The molecule has 98 valence electrons. The van der Waals surface area contributed by atoms with E-state index in [0.29, 0.717) is 11.1 Å². The average molecular weight is 268 g/mol. The van der Waals surface area contributed by atoms with Gasteiger partial charge < -0.3 is 4.74 Å². The number of fused-ring (bicyclic) bond motifs is 1. The molecule has 0 saturated carbocycles. The summed E-state index contributed by atoms with van der Waals surface area (Å²) in [6.45, 7) is 0. The zero-order chi connectivity index (χ0) is 13.9. The number of ether oxygens (including phenoxy) is 1. The highest BCUT2D eigenvalue weighted by Crippen LogP contribution is 2.57. The summed E-state index contributed by atoms with van der Waals surface area (Å²) in [5.74, 6) is -1.20. The van der Waals surface area contributed by atoms with Gasteiger partial charge in [0.15, 0.2) is 0 Å². The Morgan fingerprint density at radius 1 is 0.900 bits per heavy atom. The smallest absolute Gasteiger partial charge is 0.225 e. The van der Waals surface area contributed by atoms with Crippen molar-refractivity contribution >= 4 is 11.6 Å². The van der Waals surface area contributed by atoms with Crippen molar-refractivity contribution in [3.8, 4) is 0 Å². The summed E-state index contributed by atoms with van der Waals surface area (Å²) in [5, 5.41) is 0. The summed E-state index contributed by atoms with van der Waals surface area (Å²) in [5.41, 5.74) is -0.569. The Morgan fingerprint density at radius 2 is 1.45 bits per heavy atom. The van der Waals surface area contributed by atoms with Gasteiger partial charge in [0.05, 0.1) is 0 Å². The van der Waals surface area contributed by atoms with Crippen LogP contribution in [0.15, 0.2) is 48.5 Å². The molecule has 1 fully saturated rings. The Labute approximate surface area is 114 Å².